The average Bonchev–Trinajstić information content (AvgIpc) is 2.28. The van der Waals surface area contributed by atoms with Crippen molar-refractivity contribution in [3.8, 4) is 5.75 Å². The molecule has 0 aliphatic carbocycles. The molecule has 1 N–H and O–H groups in total. The van der Waals surface area contributed by atoms with E-state index < -0.39 is 10.8 Å². The number of hydrogen-bond donors (Lipinski definition) is 1. The molecule has 0 radical (unpaired) electrons. The molecule has 0 saturated carbocycles. The van der Waals surface area contributed by atoms with Crippen LogP contribution in [-0.2, 0) is 17.3 Å². The van der Waals surface area contributed by atoms with Gasteiger partial charge in [0, 0.05) is 45.4 Å². The molecule has 1 aromatic carbocycles. The van der Waals surface area contributed by atoms with Crippen molar-refractivity contribution in [2.45, 2.75) is 18.7 Å². The van der Waals surface area contributed by atoms with Crippen LogP contribution in [0.4, 0.5) is 0 Å². The fourth-order valence-electron chi connectivity index (χ4n) is 1.50. The molecule has 0 spiro atoms. The molecule has 102 valence electrons. The van der Waals surface area contributed by atoms with Gasteiger partial charge in [0.2, 0.25) is 0 Å². The Morgan fingerprint density at radius 2 is 2.11 bits per heavy atom. The first-order valence-corrected chi connectivity index (χ1v) is 8.71. The van der Waals surface area contributed by atoms with Gasteiger partial charge in [-0.25, -0.2) is 0 Å². The van der Waals surface area contributed by atoms with E-state index in [4.69, 9.17) is 4.74 Å². The minimum absolute atomic E-state index is 0.145. The molecular formula is C12H17Br2NO2S. The molecule has 3 nitrogen and oxygen atoms in total. The third kappa shape index (κ3) is 4.64. The molecule has 6 heteroatoms. The van der Waals surface area contributed by atoms with Gasteiger partial charge >= 0.3 is 0 Å². The summed E-state index contributed by atoms with van der Waals surface area (Å²) in [5.74, 6) is 0.830. The van der Waals surface area contributed by atoms with Crippen molar-refractivity contribution in [2.75, 3.05) is 19.9 Å². The van der Waals surface area contributed by atoms with Crippen LogP contribution in [0.25, 0.3) is 0 Å². The zero-order chi connectivity index (χ0) is 13.7. The lowest BCUT2D eigenvalue weighted by Gasteiger charge is -2.14. The van der Waals surface area contributed by atoms with E-state index in [1.54, 1.807) is 13.4 Å². The predicted octanol–water partition coefficient (Wildman–Crippen LogP) is 3.08. The third-order valence-corrected chi connectivity index (χ3v) is 4.95. The molecule has 1 aromatic rings. The Morgan fingerprint density at radius 3 is 2.67 bits per heavy atom. The maximum atomic E-state index is 11.2. The first kappa shape index (κ1) is 16.1. The molecule has 1 rings (SSSR count). The van der Waals surface area contributed by atoms with E-state index in [1.165, 1.54) is 0 Å². The van der Waals surface area contributed by atoms with Crippen LogP contribution in [0.5, 0.6) is 5.75 Å². The average molecular weight is 399 g/mol. The smallest absolute Gasteiger partial charge is 0.137 e. The summed E-state index contributed by atoms with van der Waals surface area (Å²) >= 11 is 6.93. The standard InChI is InChI=1S/C12H17Br2NO2S/c1-8(18(3)16)6-15-7-9-4-10(13)5-11(14)12(9)17-2/h4-5,8,15H,6-7H2,1-3H3. The minimum Gasteiger partial charge on any atom is -0.495 e. The summed E-state index contributed by atoms with van der Waals surface area (Å²) < 4.78 is 18.5. The zero-order valence-electron chi connectivity index (χ0n) is 10.6. The molecule has 0 fully saturated rings. The van der Waals surface area contributed by atoms with Gasteiger partial charge in [0.15, 0.2) is 0 Å². The van der Waals surface area contributed by atoms with Crippen molar-refractivity contribution in [1.29, 1.82) is 0 Å². The highest BCUT2D eigenvalue weighted by molar-refractivity contribution is 9.11. The SMILES string of the molecule is COc1c(Br)cc(Br)cc1CNCC(C)S(C)=O. The lowest BCUT2D eigenvalue weighted by Crippen LogP contribution is -2.27. The first-order chi connectivity index (χ1) is 8.45. The van der Waals surface area contributed by atoms with E-state index in [9.17, 15) is 4.21 Å². The second-order valence-corrected chi connectivity index (χ2v) is 7.59. The van der Waals surface area contributed by atoms with Gasteiger partial charge in [0.25, 0.3) is 0 Å². The quantitative estimate of drug-likeness (QED) is 0.800. The number of benzene rings is 1. The molecule has 0 heterocycles. The van der Waals surface area contributed by atoms with E-state index in [2.05, 4.69) is 37.2 Å². The predicted molar refractivity (Wildman–Crippen MR) is 83.6 cm³/mol. The lowest BCUT2D eigenvalue weighted by atomic mass is 10.2. The van der Waals surface area contributed by atoms with E-state index in [-0.39, 0.29) is 5.25 Å². The van der Waals surface area contributed by atoms with E-state index in [0.717, 1.165) is 26.8 Å². The van der Waals surface area contributed by atoms with Gasteiger partial charge in [-0.2, -0.15) is 0 Å². The molecule has 0 aromatic heterocycles. The number of ether oxygens (including phenoxy) is 1. The number of methoxy groups -OCH3 is 1. The Kier molecular flexibility index (Phi) is 6.84. The Bertz CT molecular complexity index is 440. The Labute approximate surface area is 127 Å². The van der Waals surface area contributed by atoms with Crippen LogP contribution in [0.1, 0.15) is 12.5 Å². The van der Waals surface area contributed by atoms with Gasteiger partial charge in [-0.05, 0) is 35.0 Å². The molecule has 0 saturated heterocycles. The summed E-state index contributed by atoms with van der Waals surface area (Å²) in [4.78, 5) is 0. The number of halogens is 2. The topological polar surface area (TPSA) is 38.3 Å². The third-order valence-electron chi connectivity index (χ3n) is 2.60. The van der Waals surface area contributed by atoms with Gasteiger partial charge in [-0.3, -0.25) is 4.21 Å². The molecule has 2 atom stereocenters. The van der Waals surface area contributed by atoms with Crippen LogP contribution in [0.15, 0.2) is 21.1 Å². The monoisotopic (exact) mass is 397 g/mol. The lowest BCUT2D eigenvalue weighted by molar-refractivity contribution is 0.405. The van der Waals surface area contributed by atoms with Crippen LogP contribution in [0.2, 0.25) is 0 Å². The fraction of sp³-hybridized carbons (Fsp3) is 0.500. The summed E-state index contributed by atoms with van der Waals surface area (Å²) in [5, 5.41) is 3.44. The Hall–Kier alpha value is 0.0900. The maximum absolute atomic E-state index is 11.2. The molecule has 0 bridgehead atoms. The van der Waals surface area contributed by atoms with Crippen molar-refractivity contribution in [2.24, 2.45) is 0 Å². The van der Waals surface area contributed by atoms with Crippen LogP contribution < -0.4 is 10.1 Å². The Morgan fingerprint density at radius 1 is 1.44 bits per heavy atom. The molecule has 0 amide bonds. The highest BCUT2D eigenvalue weighted by Crippen LogP contribution is 2.32. The van der Waals surface area contributed by atoms with Gasteiger partial charge < -0.3 is 10.1 Å². The first-order valence-electron chi connectivity index (χ1n) is 5.50. The normalized spacial score (nSPS) is 14.3. The number of hydrogen-bond acceptors (Lipinski definition) is 3. The van der Waals surface area contributed by atoms with Gasteiger partial charge in [-0.1, -0.05) is 15.9 Å². The van der Waals surface area contributed by atoms with E-state index in [0.29, 0.717) is 6.54 Å². The second-order valence-electron chi connectivity index (χ2n) is 4.02. The fourth-order valence-corrected chi connectivity index (χ4v) is 3.33. The van der Waals surface area contributed by atoms with E-state index in [1.807, 2.05) is 19.1 Å². The van der Waals surface area contributed by atoms with Crippen molar-refractivity contribution in [3.63, 3.8) is 0 Å². The Balaban J connectivity index is 2.69. The second kappa shape index (κ2) is 7.62. The number of nitrogens with one attached hydrogen (secondary N) is 1. The molecular weight excluding hydrogens is 382 g/mol. The van der Waals surface area contributed by atoms with Crippen LogP contribution >= 0.6 is 31.9 Å². The molecule has 0 aliphatic rings. The summed E-state index contributed by atoms with van der Waals surface area (Å²) in [7, 11) is 0.858. The zero-order valence-corrected chi connectivity index (χ0v) is 14.6. The van der Waals surface area contributed by atoms with Crippen LogP contribution in [-0.4, -0.2) is 29.4 Å². The van der Waals surface area contributed by atoms with Gasteiger partial charge in [-0.15, -0.1) is 0 Å². The highest BCUT2D eigenvalue weighted by atomic mass is 79.9. The van der Waals surface area contributed by atoms with Gasteiger partial charge in [0.1, 0.15) is 5.75 Å². The minimum atomic E-state index is -0.796. The summed E-state index contributed by atoms with van der Waals surface area (Å²) in [6, 6.07) is 3.97. The van der Waals surface area contributed by atoms with Gasteiger partial charge in [0.05, 0.1) is 11.6 Å². The van der Waals surface area contributed by atoms with Crippen molar-refractivity contribution in [3.05, 3.63) is 26.6 Å². The van der Waals surface area contributed by atoms with Crippen LogP contribution in [0, 0.1) is 0 Å². The van der Waals surface area contributed by atoms with E-state index >= 15 is 0 Å². The van der Waals surface area contributed by atoms with Crippen molar-refractivity contribution in [1.82, 2.24) is 5.32 Å². The summed E-state index contributed by atoms with van der Waals surface area (Å²) in [6.07, 6.45) is 1.72. The molecule has 18 heavy (non-hydrogen) atoms. The van der Waals surface area contributed by atoms with Crippen LogP contribution in [0.3, 0.4) is 0 Å². The summed E-state index contributed by atoms with van der Waals surface area (Å²) in [5.41, 5.74) is 1.06. The number of rotatable bonds is 6. The maximum Gasteiger partial charge on any atom is 0.137 e. The van der Waals surface area contributed by atoms with Crippen molar-refractivity contribution >= 4 is 42.7 Å². The highest BCUT2D eigenvalue weighted by Gasteiger charge is 2.10. The van der Waals surface area contributed by atoms with Crippen molar-refractivity contribution < 1.29 is 8.95 Å². The molecule has 2 unspecified atom stereocenters. The largest absolute Gasteiger partial charge is 0.495 e. The summed E-state index contributed by atoms with van der Waals surface area (Å²) in [6.45, 7) is 3.37. The molecule has 0 aliphatic heterocycles.